The highest BCUT2D eigenvalue weighted by molar-refractivity contribution is 6.35. The summed E-state index contributed by atoms with van der Waals surface area (Å²) in [6.07, 6.45) is 0. The Balaban J connectivity index is 3.25. The molecule has 88 valence electrons. The molecule has 17 heavy (non-hydrogen) atoms. The standard InChI is InChI=1S/C13H14ClN3/c1-9(14)12(10(2)15)13(16-3)17-11-7-5-4-6-8-11/h4-8H,1,3,15H2,2H3/b12-10-,17-13?. The van der Waals surface area contributed by atoms with Crippen LogP contribution in [0.15, 0.2) is 63.2 Å². The van der Waals surface area contributed by atoms with Gasteiger partial charge in [-0.1, -0.05) is 36.4 Å². The van der Waals surface area contributed by atoms with Gasteiger partial charge in [0.2, 0.25) is 0 Å². The maximum Gasteiger partial charge on any atom is 0.162 e. The SMILES string of the molecule is C=NC(=Nc1ccccc1)/C(C(=C)Cl)=C(/C)N. The number of amidine groups is 1. The van der Waals surface area contributed by atoms with Crippen molar-refractivity contribution in [3.05, 3.63) is 53.2 Å². The monoisotopic (exact) mass is 247 g/mol. The second kappa shape index (κ2) is 6.01. The van der Waals surface area contributed by atoms with Gasteiger partial charge in [0.05, 0.1) is 11.3 Å². The van der Waals surface area contributed by atoms with Crippen molar-refractivity contribution in [3.8, 4) is 0 Å². The van der Waals surface area contributed by atoms with Crippen LogP contribution in [0.4, 0.5) is 5.69 Å². The number of benzene rings is 1. The summed E-state index contributed by atoms with van der Waals surface area (Å²) in [6.45, 7) is 8.84. The molecule has 1 aromatic carbocycles. The number of nitrogens with two attached hydrogens (primary N) is 1. The van der Waals surface area contributed by atoms with Crippen molar-refractivity contribution < 1.29 is 0 Å². The van der Waals surface area contributed by atoms with E-state index in [2.05, 4.69) is 23.3 Å². The van der Waals surface area contributed by atoms with Gasteiger partial charge >= 0.3 is 0 Å². The number of hydrogen-bond donors (Lipinski definition) is 1. The van der Waals surface area contributed by atoms with Gasteiger partial charge in [-0.25, -0.2) is 9.98 Å². The van der Waals surface area contributed by atoms with Crippen LogP contribution >= 0.6 is 11.6 Å². The molecule has 1 rings (SSSR count). The molecule has 0 bridgehead atoms. The largest absolute Gasteiger partial charge is 0.402 e. The fourth-order valence-electron chi connectivity index (χ4n) is 1.31. The lowest BCUT2D eigenvalue weighted by Gasteiger charge is -2.07. The summed E-state index contributed by atoms with van der Waals surface area (Å²) < 4.78 is 0. The Hall–Kier alpha value is -1.87. The quantitative estimate of drug-likeness (QED) is 0.497. The van der Waals surface area contributed by atoms with Gasteiger partial charge in [0.1, 0.15) is 0 Å². The van der Waals surface area contributed by atoms with Crippen molar-refractivity contribution in [1.82, 2.24) is 0 Å². The van der Waals surface area contributed by atoms with E-state index in [9.17, 15) is 0 Å². The molecule has 0 unspecified atom stereocenters. The molecule has 0 aliphatic carbocycles. The maximum absolute atomic E-state index is 5.88. The number of halogens is 1. The predicted molar refractivity (Wildman–Crippen MR) is 75.0 cm³/mol. The highest BCUT2D eigenvalue weighted by Crippen LogP contribution is 2.20. The fourth-order valence-corrected chi connectivity index (χ4v) is 1.54. The zero-order valence-corrected chi connectivity index (χ0v) is 10.4. The van der Waals surface area contributed by atoms with Crippen LogP contribution < -0.4 is 5.73 Å². The van der Waals surface area contributed by atoms with E-state index < -0.39 is 0 Å². The molecule has 3 nitrogen and oxygen atoms in total. The first-order valence-corrected chi connectivity index (χ1v) is 5.36. The van der Waals surface area contributed by atoms with E-state index in [0.717, 1.165) is 5.69 Å². The lowest BCUT2D eigenvalue weighted by atomic mass is 10.2. The van der Waals surface area contributed by atoms with Crippen molar-refractivity contribution in [2.75, 3.05) is 0 Å². The van der Waals surface area contributed by atoms with Crippen LogP contribution in [-0.4, -0.2) is 12.6 Å². The average Bonchev–Trinajstić information content (AvgIpc) is 2.28. The lowest BCUT2D eigenvalue weighted by Crippen LogP contribution is -2.07. The maximum atomic E-state index is 5.88. The van der Waals surface area contributed by atoms with E-state index >= 15 is 0 Å². The Bertz CT molecular complexity index is 483. The molecule has 0 aliphatic rings. The summed E-state index contributed by atoms with van der Waals surface area (Å²) in [4.78, 5) is 8.17. The average molecular weight is 248 g/mol. The molecule has 1 aromatic rings. The first-order valence-electron chi connectivity index (χ1n) is 4.98. The minimum atomic E-state index is 0.298. The van der Waals surface area contributed by atoms with Gasteiger partial charge in [-0.2, -0.15) is 0 Å². The summed E-state index contributed by atoms with van der Waals surface area (Å²) >= 11 is 5.88. The topological polar surface area (TPSA) is 50.7 Å². The third-order valence-corrected chi connectivity index (χ3v) is 2.22. The molecule has 0 saturated carbocycles. The Morgan fingerprint density at radius 3 is 2.29 bits per heavy atom. The summed E-state index contributed by atoms with van der Waals surface area (Å²) in [5.74, 6) is 0.371. The van der Waals surface area contributed by atoms with Crippen LogP contribution in [0.1, 0.15) is 6.92 Å². The molecule has 0 amide bonds. The zero-order valence-electron chi connectivity index (χ0n) is 9.65. The summed E-state index contributed by atoms with van der Waals surface area (Å²) in [5, 5.41) is 0.298. The molecule has 0 spiro atoms. The van der Waals surface area contributed by atoms with Crippen LogP contribution in [0.5, 0.6) is 0 Å². The molecule has 0 aromatic heterocycles. The minimum absolute atomic E-state index is 0.298. The van der Waals surface area contributed by atoms with Crippen molar-refractivity contribution in [3.63, 3.8) is 0 Å². The van der Waals surface area contributed by atoms with E-state index in [0.29, 0.717) is 22.1 Å². The van der Waals surface area contributed by atoms with E-state index in [1.54, 1.807) is 6.92 Å². The van der Waals surface area contributed by atoms with Crippen molar-refractivity contribution in [2.24, 2.45) is 15.7 Å². The number of hydrogen-bond acceptors (Lipinski definition) is 2. The number of para-hydroxylation sites is 1. The van der Waals surface area contributed by atoms with Gasteiger partial charge in [-0.3, -0.25) is 0 Å². The summed E-state index contributed by atoms with van der Waals surface area (Å²) in [6, 6.07) is 9.38. The molecule has 0 radical (unpaired) electrons. The van der Waals surface area contributed by atoms with Crippen molar-refractivity contribution >= 4 is 29.8 Å². The fraction of sp³-hybridized carbons (Fsp3) is 0.0769. The highest BCUT2D eigenvalue weighted by atomic mass is 35.5. The first-order chi connectivity index (χ1) is 8.06. The zero-order chi connectivity index (χ0) is 12.8. The second-order valence-electron chi connectivity index (χ2n) is 3.39. The second-order valence-corrected chi connectivity index (χ2v) is 3.85. The van der Waals surface area contributed by atoms with E-state index in [-0.39, 0.29) is 0 Å². The van der Waals surface area contributed by atoms with Crippen LogP contribution in [0.25, 0.3) is 0 Å². The third-order valence-electron chi connectivity index (χ3n) is 2.03. The molecule has 0 fully saturated rings. The molecule has 4 heteroatoms. The third kappa shape index (κ3) is 3.57. The van der Waals surface area contributed by atoms with Crippen LogP contribution in [0, 0.1) is 0 Å². The number of nitrogens with zero attached hydrogens (tertiary/aromatic N) is 2. The molecule has 0 heterocycles. The van der Waals surface area contributed by atoms with Gasteiger partial charge in [-0.05, 0) is 25.8 Å². The van der Waals surface area contributed by atoms with Gasteiger partial charge in [0.15, 0.2) is 5.84 Å². The first kappa shape index (κ1) is 13.2. The van der Waals surface area contributed by atoms with Crippen LogP contribution in [0.2, 0.25) is 0 Å². The molecule has 2 N–H and O–H groups in total. The van der Waals surface area contributed by atoms with Crippen molar-refractivity contribution in [2.45, 2.75) is 6.92 Å². The molecule has 0 atom stereocenters. The van der Waals surface area contributed by atoms with Gasteiger partial charge in [0.25, 0.3) is 0 Å². The van der Waals surface area contributed by atoms with Gasteiger partial charge in [-0.15, -0.1) is 0 Å². The molecular formula is C13H14ClN3. The number of allylic oxidation sites excluding steroid dienone is 1. The Morgan fingerprint density at radius 1 is 1.29 bits per heavy atom. The van der Waals surface area contributed by atoms with E-state index in [1.807, 2.05) is 30.3 Å². The van der Waals surface area contributed by atoms with E-state index in [4.69, 9.17) is 17.3 Å². The Kier molecular flexibility index (Phi) is 4.67. The van der Waals surface area contributed by atoms with Gasteiger partial charge < -0.3 is 5.73 Å². The summed E-state index contributed by atoms with van der Waals surface area (Å²) in [7, 11) is 0. The smallest absolute Gasteiger partial charge is 0.162 e. The molecule has 0 aliphatic heterocycles. The van der Waals surface area contributed by atoms with E-state index in [1.165, 1.54) is 0 Å². The van der Waals surface area contributed by atoms with Crippen LogP contribution in [0.3, 0.4) is 0 Å². The number of rotatable bonds is 3. The number of aliphatic imine (C=N–C) groups is 2. The minimum Gasteiger partial charge on any atom is -0.402 e. The van der Waals surface area contributed by atoms with Crippen LogP contribution in [-0.2, 0) is 0 Å². The lowest BCUT2D eigenvalue weighted by molar-refractivity contribution is 1.27. The Labute approximate surface area is 106 Å². The summed E-state index contributed by atoms with van der Waals surface area (Å²) in [5.41, 5.74) is 7.52. The normalized spacial score (nSPS) is 12.9. The van der Waals surface area contributed by atoms with Gasteiger partial charge in [0, 0.05) is 10.7 Å². The molecular weight excluding hydrogens is 234 g/mol. The van der Waals surface area contributed by atoms with Crippen molar-refractivity contribution in [1.29, 1.82) is 0 Å². The highest BCUT2D eigenvalue weighted by Gasteiger charge is 2.10. The predicted octanol–water partition coefficient (Wildman–Crippen LogP) is 3.40. The Morgan fingerprint density at radius 2 is 1.88 bits per heavy atom. The molecule has 0 saturated heterocycles.